The van der Waals surface area contributed by atoms with E-state index in [4.69, 9.17) is 19.6 Å². The average molecular weight is 1320 g/mol. The number of unbranched alkanes of at least 4 members (excludes halogenated alkanes) is 2. The van der Waals surface area contributed by atoms with Gasteiger partial charge in [-0.2, -0.15) is 5.10 Å². The fourth-order valence-corrected chi connectivity index (χ4v) is 16.1. The number of anilines is 3. The second-order valence-corrected chi connectivity index (χ2v) is 28.0. The summed E-state index contributed by atoms with van der Waals surface area (Å²) in [5.74, 6) is -4.00. The molecule has 0 radical (unpaired) electrons. The van der Waals surface area contributed by atoms with Gasteiger partial charge in [-0.3, -0.25) is 48.5 Å². The van der Waals surface area contributed by atoms with Gasteiger partial charge in [-0.05, 0) is 153 Å². The van der Waals surface area contributed by atoms with Crippen LogP contribution in [0.15, 0.2) is 97.2 Å². The quantitative estimate of drug-likeness (QED) is 0.0197. The number of fused-ring (bicyclic) bond motifs is 2. The number of ether oxygens (including phenoxy) is 2. The SMILES string of the molecule is Cc1c(-c2ccc(N3CCc4cccc(C(=O)Nc5nc6ccccc6s5)c4C3)nc2C(=O)O)cnn1CC12CC3CC(C)(C1)CC(OCCN(CCC(=O)O)C(=O)OCc1ccc(NC(=O)[C@H](C)NC(=O)C(NC(=O)CCCCCN4C(=O)C=CC4=O)C(C)C)cc1)(C3)C2. The van der Waals surface area contributed by atoms with Crippen LogP contribution >= 0.6 is 11.3 Å². The van der Waals surface area contributed by atoms with Crippen LogP contribution in [0.2, 0.25) is 0 Å². The molecule has 2 aliphatic heterocycles. The minimum absolute atomic E-state index is 0.0213. The van der Waals surface area contributed by atoms with Gasteiger partial charge in [0.2, 0.25) is 17.7 Å². The predicted molar refractivity (Wildman–Crippen MR) is 354 cm³/mol. The third-order valence-electron chi connectivity index (χ3n) is 19.1. The highest BCUT2D eigenvalue weighted by molar-refractivity contribution is 7.22. The van der Waals surface area contributed by atoms with E-state index < -0.39 is 47.5 Å². The van der Waals surface area contributed by atoms with Crippen LogP contribution in [-0.2, 0) is 64.4 Å². The summed E-state index contributed by atoms with van der Waals surface area (Å²) in [7, 11) is 0. The third kappa shape index (κ3) is 15.6. The van der Waals surface area contributed by atoms with Crippen LogP contribution in [0.1, 0.15) is 142 Å². The summed E-state index contributed by atoms with van der Waals surface area (Å²) in [6, 6.07) is 21.8. The maximum absolute atomic E-state index is 13.8. The minimum atomic E-state index is -1.17. The fraction of sp³-hybridized carbons (Fsp3) is 0.457. The molecular formula is C70H81N11O13S. The van der Waals surface area contributed by atoms with Gasteiger partial charge in [0.15, 0.2) is 10.8 Å². The highest BCUT2D eigenvalue weighted by Gasteiger charge is 2.62. The van der Waals surface area contributed by atoms with E-state index in [-0.39, 0.29) is 91.8 Å². The lowest BCUT2D eigenvalue weighted by Crippen LogP contribution is -2.61. The van der Waals surface area contributed by atoms with Crippen molar-refractivity contribution in [1.29, 1.82) is 0 Å². The van der Waals surface area contributed by atoms with Gasteiger partial charge in [0.05, 0.1) is 35.0 Å². The van der Waals surface area contributed by atoms with Crippen LogP contribution in [0.3, 0.4) is 0 Å². The number of imide groups is 1. The molecule has 4 saturated carbocycles. The Morgan fingerprint density at radius 2 is 1.58 bits per heavy atom. The molecule has 4 aliphatic carbocycles. The number of nitrogens with one attached hydrogen (secondary N) is 4. The normalized spacial score (nSPS) is 20.8. The number of amides is 7. The number of hydrogen-bond donors (Lipinski definition) is 6. The number of carboxylic acid groups (broad SMARTS) is 2. The Morgan fingerprint density at radius 3 is 2.32 bits per heavy atom. The molecule has 7 amide bonds. The summed E-state index contributed by atoms with van der Waals surface area (Å²) in [5, 5.41) is 37.0. The van der Waals surface area contributed by atoms with Crippen molar-refractivity contribution in [2.75, 3.05) is 48.3 Å². The Balaban J connectivity index is 0.667. The fourth-order valence-electron chi connectivity index (χ4n) is 15.3. The molecule has 6 aliphatic rings. The van der Waals surface area contributed by atoms with Crippen LogP contribution in [0.25, 0.3) is 21.3 Å². The number of nitrogens with zero attached hydrogens (tertiary/aromatic N) is 7. The lowest BCUT2D eigenvalue weighted by molar-refractivity contribution is -0.223. The Hall–Kier alpha value is -9.36. The van der Waals surface area contributed by atoms with E-state index in [1.165, 1.54) is 35.3 Å². The first kappa shape index (κ1) is 67.1. The highest BCUT2D eigenvalue weighted by Crippen LogP contribution is 2.68. The molecule has 24 nitrogen and oxygen atoms in total. The van der Waals surface area contributed by atoms with E-state index in [9.17, 15) is 53.4 Å². The number of aromatic nitrogens is 4. The molecule has 4 fully saturated rings. The van der Waals surface area contributed by atoms with E-state index in [2.05, 4.69) is 33.2 Å². The van der Waals surface area contributed by atoms with E-state index in [1.54, 1.807) is 56.4 Å². The summed E-state index contributed by atoms with van der Waals surface area (Å²) in [4.78, 5) is 129. The van der Waals surface area contributed by atoms with Gasteiger partial charge in [-0.15, -0.1) is 0 Å². The molecule has 4 bridgehead atoms. The summed E-state index contributed by atoms with van der Waals surface area (Å²) < 4.78 is 15.6. The van der Waals surface area contributed by atoms with E-state index in [0.29, 0.717) is 90.1 Å². The molecule has 6 N–H and O–H groups in total. The van der Waals surface area contributed by atoms with E-state index in [0.717, 1.165) is 70.5 Å². The van der Waals surface area contributed by atoms with Crippen molar-refractivity contribution in [3.8, 4) is 11.1 Å². The monoisotopic (exact) mass is 1320 g/mol. The molecule has 25 heteroatoms. The standard InChI is InChI=1S/C70H81N11O13S/c1-42(2)60(76-56(82)16-7-6-10-27-80-57(83)23-24-58(80)84)64(89)72-43(3)62(87)73-48-19-17-45(18-20-48)37-93-67(92)78(29-26-59(85)86)30-31-94-70-34-46-32-68(5,39-70)38-69(33-46,40-70)41-81-44(4)51(35-71-81)49-21-22-55(75-61(49)65(90)91)79-28-25-47-12-11-13-50(52(47)36-79)63(88)77-66-74-53-14-8-9-15-54(53)95-66/h8-9,11-15,17-24,35,42-43,46,60H,6-7,10,16,25-34,36-41H2,1-5H3,(H,72,89)(H,73,87)(H,76,82)(H,85,86)(H,90,91)(H,74,77,88)/t43-,46?,60?,68?,69?,70?/m0/s1. The van der Waals surface area contributed by atoms with Gasteiger partial charge in [-0.25, -0.2) is 19.6 Å². The van der Waals surface area contributed by atoms with Crippen LogP contribution in [0, 0.1) is 29.6 Å². The van der Waals surface area contributed by atoms with Crippen molar-refractivity contribution in [2.24, 2.45) is 22.7 Å². The van der Waals surface area contributed by atoms with Crippen molar-refractivity contribution in [2.45, 2.75) is 149 Å². The zero-order valence-corrected chi connectivity index (χ0v) is 54.9. The maximum Gasteiger partial charge on any atom is 0.410 e. The summed E-state index contributed by atoms with van der Waals surface area (Å²) in [6.07, 6.45) is 11.0. The molecule has 12 rings (SSSR count). The summed E-state index contributed by atoms with van der Waals surface area (Å²) in [6.45, 7) is 11.2. The first-order valence-corrected chi connectivity index (χ1v) is 33.4. The number of carbonyl (C=O) groups excluding carboxylic acids is 7. The molecule has 6 atom stereocenters. The number of para-hydroxylation sites is 1. The first-order valence-electron chi connectivity index (χ1n) is 32.5. The minimum Gasteiger partial charge on any atom is -0.481 e. The number of carboxylic acids is 2. The van der Waals surface area contributed by atoms with Gasteiger partial charge in [0.25, 0.3) is 17.7 Å². The largest absolute Gasteiger partial charge is 0.481 e. The smallest absolute Gasteiger partial charge is 0.410 e. The highest BCUT2D eigenvalue weighted by atomic mass is 32.1. The number of benzene rings is 3. The Bertz CT molecular complexity index is 3950. The Morgan fingerprint density at radius 1 is 0.800 bits per heavy atom. The summed E-state index contributed by atoms with van der Waals surface area (Å²) in [5.41, 5.74) is 5.37. The average Bonchev–Trinajstić information content (AvgIpc) is 0.904. The molecule has 6 aromatic rings. The second kappa shape index (κ2) is 28.3. The van der Waals surface area contributed by atoms with Crippen molar-refractivity contribution < 1.29 is 62.8 Å². The Kier molecular flexibility index (Phi) is 20.0. The molecule has 0 saturated heterocycles. The van der Waals surface area contributed by atoms with Gasteiger partial charge >= 0.3 is 18.0 Å². The van der Waals surface area contributed by atoms with Gasteiger partial charge in [-0.1, -0.05) is 74.9 Å². The van der Waals surface area contributed by atoms with Crippen LogP contribution in [0.4, 0.5) is 21.4 Å². The van der Waals surface area contributed by atoms with Crippen molar-refractivity contribution in [3.63, 3.8) is 0 Å². The maximum atomic E-state index is 13.8. The number of rotatable bonds is 28. The lowest BCUT2D eigenvalue weighted by atomic mass is 9.43. The van der Waals surface area contributed by atoms with Crippen molar-refractivity contribution in [3.05, 3.63) is 131 Å². The van der Waals surface area contributed by atoms with Crippen LogP contribution in [0.5, 0.6) is 0 Å². The van der Waals surface area contributed by atoms with E-state index in [1.807, 2.05) is 59.0 Å². The molecular weight excluding hydrogens is 1230 g/mol. The molecule has 5 heterocycles. The predicted octanol–water partition coefficient (Wildman–Crippen LogP) is 9.31. The number of aliphatic carboxylic acids is 1. The van der Waals surface area contributed by atoms with Crippen molar-refractivity contribution >= 4 is 91.7 Å². The number of hydrogen-bond acceptors (Lipinski definition) is 16. The summed E-state index contributed by atoms with van der Waals surface area (Å²) >= 11 is 1.41. The molecule has 5 unspecified atom stereocenters. The molecule has 500 valence electrons. The molecule has 3 aromatic carbocycles. The number of pyridine rings is 1. The third-order valence-corrected chi connectivity index (χ3v) is 20.1. The lowest BCUT2D eigenvalue weighted by Gasteiger charge is -2.65. The molecule has 95 heavy (non-hydrogen) atoms. The number of carbonyl (C=O) groups is 9. The molecule has 3 aromatic heterocycles. The zero-order chi connectivity index (χ0) is 67.3. The number of aromatic carboxylic acids is 1. The number of thiazole rings is 1. The van der Waals surface area contributed by atoms with Gasteiger partial charge < -0.3 is 45.4 Å². The van der Waals surface area contributed by atoms with Gasteiger partial charge in [0.1, 0.15) is 24.5 Å². The topological polar surface area (TPSA) is 314 Å². The molecule has 0 spiro atoms. The second-order valence-electron chi connectivity index (χ2n) is 26.9. The zero-order valence-electron chi connectivity index (χ0n) is 54.1. The van der Waals surface area contributed by atoms with E-state index >= 15 is 0 Å². The Labute approximate surface area is 554 Å². The van der Waals surface area contributed by atoms with Crippen molar-refractivity contribution in [1.82, 2.24) is 40.2 Å². The van der Waals surface area contributed by atoms with Crippen LogP contribution < -0.4 is 26.2 Å². The first-order chi connectivity index (χ1) is 45.4. The van der Waals surface area contributed by atoms with Crippen LogP contribution in [-0.4, -0.2) is 144 Å². The van der Waals surface area contributed by atoms with Gasteiger partial charge in [0, 0.05) is 85.9 Å².